The highest BCUT2D eigenvalue weighted by Crippen LogP contribution is 2.44. The van der Waals surface area contributed by atoms with Crippen molar-refractivity contribution in [2.24, 2.45) is 0 Å². The van der Waals surface area contributed by atoms with Crippen LogP contribution in [0.1, 0.15) is 27.5 Å². The van der Waals surface area contributed by atoms with Crippen molar-refractivity contribution in [3.8, 4) is 11.1 Å². The Labute approximate surface area is 195 Å². The van der Waals surface area contributed by atoms with Gasteiger partial charge >= 0.3 is 12.1 Å². The number of amides is 2. The number of rotatable bonds is 8. The van der Waals surface area contributed by atoms with Crippen LogP contribution in [0.5, 0.6) is 0 Å². The van der Waals surface area contributed by atoms with E-state index in [-0.39, 0.29) is 30.5 Å². The van der Waals surface area contributed by atoms with Gasteiger partial charge in [0.1, 0.15) is 13.2 Å². The summed E-state index contributed by atoms with van der Waals surface area (Å²) in [7, 11) is 0. The average Bonchev–Trinajstić information content (AvgIpc) is 3.16. The monoisotopic (exact) mass is 461 g/mol. The van der Waals surface area contributed by atoms with Gasteiger partial charge in [-0.15, -0.1) is 0 Å². The van der Waals surface area contributed by atoms with E-state index in [2.05, 4.69) is 10.3 Å². The summed E-state index contributed by atoms with van der Waals surface area (Å²) in [4.78, 5) is 41.5. The number of ether oxygens (including phenoxy) is 1. The van der Waals surface area contributed by atoms with E-state index < -0.39 is 31.1 Å². The molecule has 0 atom stereocenters. The molecule has 3 aromatic rings. The normalized spacial score (nSPS) is 11.9. The molecular formula is C25H23N3O6. The molecule has 2 amide bonds. The summed E-state index contributed by atoms with van der Waals surface area (Å²) in [6, 6.07) is 18.9. The van der Waals surface area contributed by atoms with Gasteiger partial charge in [-0.3, -0.25) is 14.9 Å². The first kappa shape index (κ1) is 22.9. The second kappa shape index (κ2) is 10.1. The number of benzene rings is 2. The van der Waals surface area contributed by atoms with Gasteiger partial charge in [-0.2, -0.15) is 0 Å². The van der Waals surface area contributed by atoms with E-state index in [1.54, 1.807) is 0 Å². The molecule has 0 saturated heterocycles. The molecule has 4 rings (SSSR count). The molecule has 0 spiro atoms. The van der Waals surface area contributed by atoms with Crippen molar-refractivity contribution in [3.63, 3.8) is 0 Å². The molecule has 9 nitrogen and oxygen atoms in total. The molecule has 0 aliphatic heterocycles. The van der Waals surface area contributed by atoms with E-state index in [9.17, 15) is 19.5 Å². The molecule has 2 aromatic carbocycles. The highest BCUT2D eigenvalue weighted by atomic mass is 16.5. The van der Waals surface area contributed by atoms with Gasteiger partial charge in [0.05, 0.1) is 12.3 Å². The van der Waals surface area contributed by atoms with Crippen LogP contribution in [0.4, 0.5) is 10.5 Å². The van der Waals surface area contributed by atoms with Crippen molar-refractivity contribution in [3.05, 3.63) is 83.7 Å². The maximum absolute atomic E-state index is 12.8. The van der Waals surface area contributed by atoms with Gasteiger partial charge < -0.3 is 19.8 Å². The highest BCUT2D eigenvalue weighted by molar-refractivity contribution is 6.01. The fourth-order valence-corrected chi connectivity index (χ4v) is 4.11. The topological polar surface area (TPSA) is 129 Å². The van der Waals surface area contributed by atoms with Crippen molar-refractivity contribution >= 4 is 23.7 Å². The van der Waals surface area contributed by atoms with Gasteiger partial charge in [0.25, 0.3) is 5.91 Å². The summed E-state index contributed by atoms with van der Waals surface area (Å²) in [6.45, 7) is -1.12. The lowest BCUT2D eigenvalue weighted by molar-refractivity contribution is -0.137. The largest absolute Gasteiger partial charge is 0.480 e. The second-order valence-electron chi connectivity index (χ2n) is 7.69. The Bertz CT molecular complexity index is 1180. The number of hydrogen-bond acceptors (Lipinski definition) is 6. The Balaban J connectivity index is 1.48. The third-order valence-corrected chi connectivity index (χ3v) is 5.57. The minimum atomic E-state index is -1.23. The number of carboxylic acids is 1. The summed E-state index contributed by atoms with van der Waals surface area (Å²) in [5.41, 5.74) is 4.29. The zero-order chi connectivity index (χ0) is 24.1. The van der Waals surface area contributed by atoms with Crippen LogP contribution >= 0.6 is 0 Å². The fraction of sp³-hybridized carbons (Fsp3) is 0.200. The Kier molecular flexibility index (Phi) is 6.84. The van der Waals surface area contributed by atoms with Crippen molar-refractivity contribution in [2.45, 2.75) is 5.92 Å². The highest BCUT2D eigenvalue weighted by Gasteiger charge is 2.29. The van der Waals surface area contributed by atoms with Crippen LogP contribution in [-0.2, 0) is 9.53 Å². The molecule has 34 heavy (non-hydrogen) atoms. The second-order valence-corrected chi connectivity index (χ2v) is 7.69. The molecule has 0 saturated carbocycles. The van der Waals surface area contributed by atoms with Crippen molar-refractivity contribution in [1.82, 2.24) is 9.88 Å². The number of fused-ring (bicyclic) bond motifs is 3. The molecule has 1 heterocycles. The summed E-state index contributed by atoms with van der Waals surface area (Å²) in [5.74, 6) is -2.08. The number of carboxylic acid groups (broad SMARTS) is 1. The minimum Gasteiger partial charge on any atom is -0.480 e. The standard InChI is InChI=1S/C25H23N3O6/c29-13-12-28(14-22(30)31)24(32)23-21(10-5-11-26-23)27-25(33)34-15-20-18-8-3-1-6-16(18)17-7-2-4-9-19(17)20/h1-11,20,29H,12-15H2,(H,27,33)(H,30,31). The number of pyridine rings is 1. The summed E-state index contributed by atoms with van der Waals surface area (Å²) >= 11 is 0. The van der Waals surface area contributed by atoms with Gasteiger partial charge in [0.2, 0.25) is 0 Å². The van der Waals surface area contributed by atoms with Crippen molar-refractivity contribution < 1.29 is 29.3 Å². The Morgan fingerprint density at radius 2 is 1.62 bits per heavy atom. The van der Waals surface area contributed by atoms with Crippen LogP contribution in [0.3, 0.4) is 0 Å². The van der Waals surface area contributed by atoms with Gasteiger partial charge in [-0.25, -0.2) is 9.78 Å². The lowest BCUT2D eigenvalue weighted by Gasteiger charge is -2.20. The molecular weight excluding hydrogens is 438 g/mol. The molecule has 0 radical (unpaired) electrons. The summed E-state index contributed by atoms with van der Waals surface area (Å²) in [6.07, 6.45) is 0.587. The first-order chi connectivity index (χ1) is 16.5. The van der Waals surface area contributed by atoms with Crippen LogP contribution in [-0.4, -0.2) is 64.4 Å². The van der Waals surface area contributed by atoms with Gasteiger partial charge in [-0.1, -0.05) is 48.5 Å². The fourth-order valence-electron chi connectivity index (χ4n) is 4.11. The van der Waals surface area contributed by atoms with Gasteiger partial charge in [-0.05, 0) is 34.4 Å². The van der Waals surface area contributed by atoms with Crippen LogP contribution < -0.4 is 5.32 Å². The average molecular weight is 461 g/mol. The zero-order valence-corrected chi connectivity index (χ0v) is 18.2. The van der Waals surface area contributed by atoms with Crippen molar-refractivity contribution in [1.29, 1.82) is 0 Å². The molecule has 1 aromatic heterocycles. The number of aliphatic hydroxyl groups is 1. The lowest BCUT2D eigenvalue weighted by Crippen LogP contribution is -2.38. The molecule has 174 valence electrons. The number of nitrogens with one attached hydrogen (secondary N) is 1. The van der Waals surface area contributed by atoms with Crippen LogP contribution in [0.15, 0.2) is 66.9 Å². The van der Waals surface area contributed by atoms with Crippen LogP contribution in [0.25, 0.3) is 11.1 Å². The predicted molar refractivity (Wildman–Crippen MR) is 124 cm³/mol. The maximum atomic E-state index is 12.8. The van der Waals surface area contributed by atoms with E-state index in [4.69, 9.17) is 9.84 Å². The molecule has 0 unspecified atom stereocenters. The number of aliphatic hydroxyl groups excluding tert-OH is 1. The molecule has 0 fully saturated rings. The molecule has 3 N–H and O–H groups in total. The number of carbonyl (C=O) groups is 3. The van der Waals surface area contributed by atoms with Gasteiger partial charge in [0, 0.05) is 18.7 Å². The smallest absolute Gasteiger partial charge is 0.411 e. The first-order valence-corrected chi connectivity index (χ1v) is 10.7. The number of carbonyl (C=O) groups excluding carboxylic acids is 2. The minimum absolute atomic E-state index is 0.0815. The number of aliphatic carboxylic acids is 1. The Morgan fingerprint density at radius 3 is 2.24 bits per heavy atom. The first-order valence-electron chi connectivity index (χ1n) is 10.7. The third kappa shape index (κ3) is 4.74. The molecule has 9 heteroatoms. The maximum Gasteiger partial charge on any atom is 0.411 e. The number of anilines is 1. The van der Waals surface area contributed by atoms with E-state index in [1.807, 2.05) is 48.5 Å². The van der Waals surface area contributed by atoms with Crippen LogP contribution in [0, 0.1) is 0 Å². The number of aromatic nitrogens is 1. The quantitative estimate of drug-likeness (QED) is 0.470. The zero-order valence-electron chi connectivity index (χ0n) is 18.2. The lowest BCUT2D eigenvalue weighted by atomic mass is 9.98. The third-order valence-electron chi connectivity index (χ3n) is 5.57. The predicted octanol–water partition coefficient (Wildman–Crippen LogP) is 2.96. The van der Waals surface area contributed by atoms with E-state index in [0.717, 1.165) is 27.2 Å². The Hall–Kier alpha value is -4.24. The van der Waals surface area contributed by atoms with Crippen molar-refractivity contribution in [2.75, 3.05) is 31.6 Å². The molecule has 0 bridgehead atoms. The number of hydrogen-bond donors (Lipinski definition) is 3. The molecule has 1 aliphatic carbocycles. The SMILES string of the molecule is O=C(O)CN(CCO)C(=O)c1ncccc1NC(=O)OCC1c2ccccc2-c2ccccc21. The van der Waals surface area contributed by atoms with E-state index in [1.165, 1.54) is 18.3 Å². The van der Waals surface area contributed by atoms with E-state index >= 15 is 0 Å². The summed E-state index contributed by atoms with van der Waals surface area (Å²) < 4.78 is 5.51. The van der Waals surface area contributed by atoms with Crippen LogP contribution in [0.2, 0.25) is 0 Å². The number of nitrogens with zero attached hydrogens (tertiary/aromatic N) is 2. The Morgan fingerprint density at radius 1 is 0.971 bits per heavy atom. The van der Waals surface area contributed by atoms with E-state index in [0.29, 0.717) is 0 Å². The van der Waals surface area contributed by atoms with Gasteiger partial charge in [0.15, 0.2) is 5.69 Å². The summed E-state index contributed by atoms with van der Waals surface area (Å²) in [5, 5.41) is 20.8. The molecule has 1 aliphatic rings.